The zero-order chi connectivity index (χ0) is 7.72. The normalized spacial score (nSPS) is 26.5. The van der Waals surface area contributed by atoms with E-state index in [4.69, 9.17) is 5.11 Å². The number of hydrogen-bond acceptors (Lipinski definition) is 2. The van der Waals surface area contributed by atoms with Crippen molar-refractivity contribution in [3.8, 4) is 0 Å². The average Bonchev–Trinajstić information content (AvgIpc) is 1.79. The van der Waals surface area contributed by atoms with Crippen LogP contribution in [-0.4, -0.2) is 23.0 Å². The number of amides is 1. The zero-order valence-electron chi connectivity index (χ0n) is 5.63. The minimum Gasteiger partial charge on any atom is -0.481 e. The highest BCUT2D eigenvalue weighted by molar-refractivity contribution is 5.85. The van der Waals surface area contributed by atoms with Gasteiger partial charge in [0.2, 0.25) is 5.91 Å². The molecule has 0 bridgehead atoms. The lowest BCUT2D eigenvalue weighted by Crippen LogP contribution is -2.53. The van der Waals surface area contributed by atoms with Crippen LogP contribution in [0.5, 0.6) is 0 Å². The van der Waals surface area contributed by atoms with Crippen molar-refractivity contribution in [1.82, 2.24) is 5.32 Å². The second-order valence-corrected chi connectivity index (χ2v) is 2.51. The van der Waals surface area contributed by atoms with Gasteiger partial charge in [-0.3, -0.25) is 9.59 Å². The average molecular weight is 143 g/mol. The fraction of sp³-hybridized carbons (Fsp3) is 0.667. The van der Waals surface area contributed by atoms with E-state index in [1.807, 2.05) is 0 Å². The van der Waals surface area contributed by atoms with E-state index in [0.717, 1.165) is 0 Å². The molecule has 2 N–H and O–H groups in total. The lowest BCUT2D eigenvalue weighted by molar-refractivity contribution is -0.144. The third-order valence-corrected chi connectivity index (χ3v) is 1.74. The summed E-state index contributed by atoms with van der Waals surface area (Å²) in [6.45, 7) is 1.59. The second kappa shape index (κ2) is 2.28. The van der Waals surface area contributed by atoms with Gasteiger partial charge in [-0.1, -0.05) is 0 Å². The van der Waals surface area contributed by atoms with E-state index in [1.54, 1.807) is 6.92 Å². The van der Waals surface area contributed by atoms with E-state index >= 15 is 0 Å². The van der Waals surface area contributed by atoms with Crippen molar-refractivity contribution in [3.05, 3.63) is 0 Å². The molecule has 1 aliphatic heterocycles. The van der Waals surface area contributed by atoms with E-state index in [2.05, 4.69) is 5.32 Å². The summed E-state index contributed by atoms with van der Waals surface area (Å²) in [5.41, 5.74) is 0. The second-order valence-electron chi connectivity index (χ2n) is 2.51. The molecular weight excluding hydrogens is 134 g/mol. The van der Waals surface area contributed by atoms with Crippen LogP contribution in [0, 0.1) is 5.92 Å². The summed E-state index contributed by atoms with van der Waals surface area (Å²) in [4.78, 5) is 20.6. The monoisotopic (exact) mass is 143 g/mol. The van der Waals surface area contributed by atoms with Crippen LogP contribution in [0.2, 0.25) is 0 Å². The van der Waals surface area contributed by atoms with Crippen LogP contribution in [0.15, 0.2) is 0 Å². The van der Waals surface area contributed by atoms with Crippen molar-refractivity contribution in [2.75, 3.05) is 0 Å². The standard InChI is InChI=1S/C6H9NO3/c1-3(6(9)10)4-2-5(8)7-4/h3-4H,2H2,1H3,(H,7,8)(H,9,10)/t3-,4?/m1/s1. The van der Waals surface area contributed by atoms with Crippen LogP contribution >= 0.6 is 0 Å². The highest BCUT2D eigenvalue weighted by atomic mass is 16.4. The highest BCUT2D eigenvalue weighted by Gasteiger charge is 2.33. The predicted molar refractivity (Wildman–Crippen MR) is 33.3 cm³/mol. The van der Waals surface area contributed by atoms with Gasteiger partial charge in [0.1, 0.15) is 0 Å². The number of aliphatic carboxylic acids is 1. The van der Waals surface area contributed by atoms with Gasteiger partial charge >= 0.3 is 5.97 Å². The summed E-state index contributed by atoms with van der Waals surface area (Å²) in [6, 6.07) is -0.148. The van der Waals surface area contributed by atoms with Crippen molar-refractivity contribution < 1.29 is 14.7 Å². The van der Waals surface area contributed by atoms with Crippen molar-refractivity contribution in [2.45, 2.75) is 19.4 Å². The number of hydrogen-bond donors (Lipinski definition) is 2. The van der Waals surface area contributed by atoms with Gasteiger partial charge in [0.25, 0.3) is 0 Å². The van der Waals surface area contributed by atoms with Gasteiger partial charge in [-0.15, -0.1) is 0 Å². The molecule has 1 unspecified atom stereocenters. The quantitative estimate of drug-likeness (QED) is 0.517. The zero-order valence-corrected chi connectivity index (χ0v) is 5.63. The van der Waals surface area contributed by atoms with Gasteiger partial charge in [0.05, 0.1) is 12.0 Å². The maximum Gasteiger partial charge on any atom is 0.308 e. The molecule has 1 saturated heterocycles. The van der Waals surface area contributed by atoms with Gasteiger partial charge in [0, 0.05) is 6.42 Å². The van der Waals surface area contributed by atoms with Gasteiger partial charge in [-0.2, -0.15) is 0 Å². The Bertz CT molecular complexity index is 170. The Morgan fingerprint density at radius 3 is 2.70 bits per heavy atom. The molecule has 56 valence electrons. The maximum absolute atomic E-state index is 10.3. The number of rotatable bonds is 2. The fourth-order valence-electron chi connectivity index (χ4n) is 0.859. The third-order valence-electron chi connectivity index (χ3n) is 1.74. The Kier molecular flexibility index (Phi) is 1.61. The number of carboxylic acids is 1. The summed E-state index contributed by atoms with van der Waals surface area (Å²) in [6.07, 6.45) is 0.355. The number of nitrogens with one attached hydrogen (secondary N) is 1. The first-order valence-corrected chi connectivity index (χ1v) is 3.13. The Labute approximate surface area is 58.2 Å². The highest BCUT2D eigenvalue weighted by Crippen LogP contribution is 2.14. The molecule has 10 heavy (non-hydrogen) atoms. The smallest absolute Gasteiger partial charge is 0.308 e. The summed E-state index contributed by atoms with van der Waals surface area (Å²) < 4.78 is 0. The van der Waals surface area contributed by atoms with Crippen molar-refractivity contribution in [1.29, 1.82) is 0 Å². The number of β-lactam (4-membered cyclic amide) rings is 1. The van der Waals surface area contributed by atoms with E-state index in [-0.39, 0.29) is 11.9 Å². The molecule has 0 aromatic rings. The van der Waals surface area contributed by atoms with Gasteiger partial charge in [-0.05, 0) is 6.92 Å². The van der Waals surface area contributed by atoms with Gasteiger partial charge in [0.15, 0.2) is 0 Å². The third kappa shape index (κ3) is 1.10. The fourth-order valence-corrected chi connectivity index (χ4v) is 0.859. The summed E-state index contributed by atoms with van der Waals surface area (Å²) in [7, 11) is 0. The van der Waals surface area contributed by atoms with Crippen LogP contribution in [0.4, 0.5) is 0 Å². The molecule has 0 spiro atoms. The molecule has 4 heteroatoms. The number of carbonyl (C=O) groups is 2. The summed E-state index contributed by atoms with van der Waals surface area (Å²) in [5, 5.41) is 11.0. The summed E-state index contributed by atoms with van der Waals surface area (Å²) >= 11 is 0. The Balaban J connectivity index is 2.37. The molecule has 0 aliphatic carbocycles. The molecule has 0 saturated carbocycles. The van der Waals surface area contributed by atoms with E-state index in [9.17, 15) is 9.59 Å². The molecule has 1 heterocycles. The first-order valence-electron chi connectivity index (χ1n) is 3.13. The largest absolute Gasteiger partial charge is 0.481 e. The summed E-state index contributed by atoms with van der Waals surface area (Å²) in [5.74, 6) is -1.37. The molecule has 2 atom stereocenters. The molecule has 1 amide bonds. The molecule has 1 fully saturated rings. The Morgan fingerprint density at radius 1 is 1.90 bits per heavy atom. The van der Waals surface area contributed by atoms with Crippen molar-refractivity contribution in [2.24, 2.45) is 5.92 Å². The van der Waals surface area contributed by atoms with Gasteiger partial charge < -0.3 is 10.4 Å². The molecule has 0 aromatic carbocycles. The molecular formula is C6H9NO3. The van der Waals surface area contributed by atoms with Gasteiger partial charge in [-0.25, -0.2) is 0 Å². The maximum atomic E-state index is 10.3. The predicted octanol–water partition coefficient (Wildman–Crippen LogP) is -0.404. The molecule has 1 rings (SSSR count). The minimum absolute atomic E-state index is 0.0573. The van der Waals surface area contributed by atoms with Crippen LogP contribution in [0.3, 0.4) is 0 Å². The SMILES string of the molecule is C[C@@H](C(=O)O)C1CC(=O)N1. The lowest BCUT2D eigenvalue weighted by atomic mass is 9.93. The molecule has 0 radical (unpaired) electrons. The molecule has 1 aliphatic rings. The van der Waals surface area contributed by atoms with Crippen molar-refractivity contribution >= 4 is 11.9 Å². The van der Waals surface area contributed by atoms with Crippen LogP contribution in [0.1, 0.15) is 13.3 Å². The minimum atomic E-state index is -0.856. The number of carbonyl (C=O) groups excluding carboxylic acids is 1. The van der Waals surface area contributed by atoms with Crippen LogP contribution in [0.25, 0.3) is 0 Å². The molecule has 0 aromatic heterocycles. The number of carboxylic acid groups (broad SMARTS) is 1. The van der Waals surface area contributed by atoms with Crippen LogP contribution in [-0.2, 0) is 9.59 Å². The Hall–Kier alpha value is -1.06. The molecule has 4 nitrogen and oxygen atoms in total. The lowest BCUT2D eigenvalue weighted by Gasteiger charge is -2.29. The Morgan fingerprint density at radius 2 is 2.40 bits per heavy atom. The first kappa shape index (κ1) is 7.05. The first-order chi connectivity index (χ1) is 4.61. The topological polar surface area (TPSA) is 66.4 Å². The van der Waals surface area contributed by atoms with Crippen LogP contribution < -0.4 is 5.32 Å². The van der Waals surface area contributed by atoms with E-state index in [1.165, 1.54) is 0 Å². The van der Waals surface area contributed by atoms with E-state index in [0.29, 0.717) is 6.42 Å². The van der Waals surface area contributed by atoms with Crippen molar-refractivity contribution in [3.63, 3.8) is 0 Å². The van der Waals surface area contributed by atoms with E-state index < -0.39 is 11.9 Å².